The van der Waals surface area contributed by atoms with E-state index in [9.17, 15) is 9.50 Å². The molecule has 0 bridgehead atoms. The maximum absolute atomic E-state index is 13.9. The van der Waals surface area contributed by atoms with Crippen molar-refractivity contribution in [3.8, 4) is 0 Å². The number of halogens is 2. The highest BCUT2D eigenvalue weighted by atomic mass is 79.9. The number of benzene rings is 2. The van der Waals surface area contributed by atoms with Gasteiger partial charge >= 0.3 is 0 Å². The highest BCUT2D eigenvalue weighted by Gasteiger charge is 2.18. The minimum Gasteiger partial charge on any atom is -0.384 e. The molecule has 2 aromatic rings. The summed E-state index contributed by atoms with van der Waals surface area (Å²) < 4.78 is 14.5. The zero-order valence-corrected chi connectivity index (χ0v) is 13.2. The molecule has 106 valence electrons. The van der Waals surface area contributed by atoms with E-state index < -0.39 is 11.9 Å². The van der Waals surface area contributed by atoms with Gasteiger partial charge in [0.25, 0.3) is 0 Å². The van der Waals surface area contributed by atoms with Crippen molar-refractivity contribution in [3.63, 3.8) is 0 Å². The van der Waals surface area contributed by atoms with Crippen molar-refractivity contribution >= 4 is 15.9 Å². The average Bonchev–Trinajstić information content (AvgIpc) is 2.38. The van der Waals surface area contributed by atoms with E-state index in [1.54, 1.807) is 12.1 Å². The van der Waals surface area contributed by atoms with E-state index in [-0.39, 0.29) is 5.56 Å². The minimum absolute atomic E-state index is 0.286. The molecule has 0 aliphatic carbocycles. The second-order valence-corrected chi connectivity index (χ2v) is 6.24. The number of hydrogen-bond donors (Lipinski definition) is 1. The number of hydrogen-bond acceptors (Lipinski definition) is 1. The lowest BCUT2D eigenvalue weighted by Crippen LogP contribution is -2.05. The summed E-state index contributed by atoms with van der Waals surface area (Å²) in [6.45, 7) is 4.30. The van der Waals surface area contributed by atoms with Crippen LogP contribution >= 0.6 is 15.9 Å². The van der Waals surface area contributed by atoms with Gasteiger partial charge in [0.1, 0.15) is 11.9 Å². The molecule has 2 rings (SSSR count). The standard InChI is InChI=1S/C17H18BrFO/c1-11(2)9-12-5-3-6-13(10-12)17(20)16-14(18)7-4-8-15(16)19/h3-8,10-11,17,20H,9H2,1-2H3. The summed E-state index contributed by atoms with van der Waals surface area (Å²) in [6, 6.07) is 12.4. The molecule has 3 heteroatoms. The lowest BCUT2D eigenvalue weighted by molar-refractivity contribution is 0.214. The first kappa shape index (κ1) is 15.2. The fraction of sp³-hybridized carbons (Fsp3) is 0.294. The maximum atomic E-state index is 13.9. The van der Waals surface area contributed by atoms with Gasteiger partial charge in [-0.05, 0) is 35.6 Å². The molecule has 2 aromatic carbocycles. The Hall–Kier alpha value is -1.19. The maximum Gasteiger partial charge on any atom is 0.130 e. The number of rotatable bonds is 4. The van der Waals surface area contributed by atoms with Gasteiger partial charge in [-0.2, -0.15) is 0 Å². The zero-order valence-electron chi connectivity index (χ0n) is 11.6. The van der Waals surface area contributed by atoms with E-state index in [0.717, 1.165) is 12.0 Å². The number of aliphatic hydroxyl groups excluding tert-OH is 1. The van der Waals surface area contributed by atoms with E-state index in [2.05, 4.69) is 29.8 Å². The third kappa shape index (κ3) is 3.47. The highest BCUT2D eigenvalue weighted by Crippen LogP contribution is 2.31. The average molecular weight is 337 g/mol. The first-order chi connectivity index (χ1) is 9.49. The molecule has 0 heterocycles. The molecule has 1 atom stereocenters. The van der Waals surface area contributed by atoms with Crippen molar-refractivity contribution in [2.45, 2.75) is 26.4 Å². The molecule has 1 unspecified atom stereocenters. The van der Waals surface area contributed by atoms with Gasteiger partial charge in [-0.15, -0.1) is 0 Å². The van der Waals surface area contributed by atoms with Crippen LogP contribution in [0, 0.1) is 11.7 Å². The van der Waals surface area contributed by atoms with Crippen LogP contribution in [0.4, 0.5) is 4.39 Å². The molecular formula is C17H18BrFO. The molecule has 1 nitrogen and oxygen atoms in total. The Morgan fingerprint density at radius 3 is 2.50 bits per heavy atom. The van der Waals surface area contributed by atoms with E-state index in [4.69, 9.17) is 0 Å². The summed E-state index contributed by atoms with van der Waals surface area (Å²) in [7, 11) is 0. The minimum atomic E-state index is -0.960. The highest BCUT2D eigenvalue weighted by molar-refractivity contribution is 9.10. The molecule has 0 saturated carbocycles. The Morgan fingerprint density at radius 1 is 1.15 bits per heavy atom. The zero-order chi connectivity index (χ0) is 14.7. The largest absolute Gasteiger partial charge is 0.384 e. The summed E-state index contributed by atoms with van der Waals surface area (Å²) in [4.78, 5) is 0. The summed E-state index contributed by atoms with van der Waals surface area (Å²) in [6.07, 6.45) is -0.0170. The van der Waals surface area contributed by atoms with Gasteiger partial charge < -0.3 is 5.11 Å². The SMILES string of the molecule is CC(C)Cc1cccc(C(O)c2c(F)cccc2Br)c1. The van der Waals surface area contributed by atoms with Crippen molar-refractivity contribution in [2.24, 2.45) is 5.92 Å². The van der Waals surface area contributed by atoms with E-state index in [0.29, 0.717) is 16.0 Å². The molecule has 0 fully saturated rings. The Kier molecular flexibility index (Phi) is 4.95. The molecule has 0 aromatic heterocycles. The Morgan fingerprint density at radius 2 is 1.85 bits per heavy atom. The van der Waals surface area contributed by atoms with Crippen LogP contribution in [0.2, 0.25) is 0 Å². The molecule has 0 saturated heterocycles. The first-order valence-electron chi connectivity index (χ1n) is 6.70. The Labute approximate surface area is 127 Å². The fourth-order valence-corrected chi connectivity index (χ4v) is 2.86. The van der Waals surface area contributed by atoms with Gasteiger partial charge in [-0.1, -0.05) is 60.1 Å². The quantitative estimate of drug-likeness (QED) is 0.844. The third-order valence-corrected chi connectivity index (χ3v) is 3.88. The summed E-state index contributed by atoms with van der Waals surface area (Å²) in [5.41, 5.74) is 2.16. The van der Waals surface area contributed by atoms with Gasteiger partial charge in [0, 0.05) is 10.0 Å². The van der Waals surface area contributed by atoms with Gasteiger partial charge in [-0.25, -0.2) is 4.39 Å². The normalized spacial score (nSPS) is 12.7. The van der Waals surface area contributed by atoms with Crippen LogP contribution in [-0.4, -0.2) is 5.11 Å². The van der Waals surface area contributed by atoms with Crippen molar-refractivity contribution in [1.82, 2.24) is 0 Å². The first-order valence-corrected chi connectivity index (χ1v) is 7.49. The Balaban J connectivity index is 2.36. The van der Waals surface area contributed by atoms with Gasteiger partial charge in [0.2, 0.25) is 0 Å². The van der Waals surface area contributed by atoms with Crippen molar-refractivity contribution in [2.75, 3.05) is 0 Å². The van der Waals surface area contributed by atoms with E-state index in [1.807, 2.05) is 24.3 Å². The van der Waals surface area contributed by atoms with Crippen LogP contribution in [0.3, 0.4) is 0 Å². The van der Waals surface area contributed by atoms with Crippen LogP contribution in [0.15, 0.2) is 46.9 Å². The fourth-order valence-electron chi connectivity index (χ4n) is 2.30. The van der Waals surface area contributed by atoms with Crippen LogP contribution in [0.1, 0.15) is 36.6 Å². The molecule has 0 spiro atoms. The van der Waals surface area contributed by atoms with Crippen LogP contribution in [-0.2, 0) is 6.42 Å². The van der Waals surface area contributed by atoms with Crippen molar-refractivity contribution in [1.29, 1.82) is 0 Å². The molecule has 0 radical (unpaired) electrons. The molecule has 0 aliphatic rings. The Bertz CT molecular complexity index is 575. The molecular weight excluding hydrogens is 319 g/mol. The summed E-state index contributed by atoms with van der Waals surface area (Å²) >= 11 is 3.30. The van der Waals surface area contributed by atoms with Crippen molar-refractivity contribution < 1.29 is 9.50 Å². The predicted molar refractivity (Wildman–Crippen MR) is 83.1 cm³/mol. The monoisotopic (exact) mass is 336 g/mol. The molecule has 20 heavy (non-hydrogen) atoms. The van der Waals surface area contributed by atoms with Crippen LogP contribution < -0.4 is 0 Å². The summed E-state index contributed by atoms with van der Waals surface area (Å²) in [5, 5.41) is 10.4. The van der Waals surface area contributed by atoms with Crippen molar-refractivity contribution in [3.05, 3.63) is 69.4 Å². The van der Waals surface area contributed by atoms with E-state index >= 15 is 0 Å². The predicted octanol–water partition coefficient (Wildman–Crippen LogP) is 4.87. The molecule has 1 N–H and O–H groups in total. The second kappa shape index (κ2) is 6.51. The van der Waals surface area contributed by atoms with E-state index in [1.165, 1.54) is 6.07 Å². The third-order valence-electron chi connectivity index (χ3n) is 3.18. The lowest BCUT2D eigenvalue weighted by Gasteiger charge is -2.15. The van der Waals surface area contributed by atoms with Crippen LogP contribution in [0.25, 0.3) is 0 Å². The second-order valence-electron chi connectivity index (χ2n) is 5.38. The molecule has 0 amide bonds. The van der Waals surface area contributed by atoms with Crippen LogP contribution in [0.5, 0.6) is 0 Å². The smallest absolute Gasteiger partial charge is 0.130 e. The van der Waals surface area contributed by atoms with Gasteiger partial charge in [0.05, 0.1) is 0 Å². The molecule has 0 aliphatic heterocycles. The lowest BCUT2D eigenvalue weighted by atomic mass is 9.96. The van der Waals surface area contributed by atoms with Gasteiger partial charge in [0.15, 0.2) is 0 Å². The van der Waals surface area contributed by atoms with Gasteiger partial charge in [-0.3, -0.25) is 0 Å². The topological polar surface area (TPSA) is 20.2 Å². The number of aliphatic hydroxyl groups is 1. The summed E-state index contributed by atoms with van der Waals surface area (Å²) in [5.74, 6) is 0.142.